The fraction of sp³-hybridized carbons (Fsp3) is 0.647. The predicted molar refractivity (Wildman–Crippen MR) is 84.9 cm³/mol. The number of rotatable bonds is 7. The van der Waals surface area contributed by atoms with Crippen LogP contribution in [-0.4, -0.2) is 31.6 Å². The first-order valence-corrected chi connectivity index (χ1v) is 7.50. The van der Waals surface area contributed by atoms with E-state index in [1.54, 1.807) is 0 Å². The minimum Gasteiger partial charge on any atom is -0.312 e. The van der Waals surface area contributed by atoms with Crippen molar-refractivity contribution in [3.8, 4) is 0 Å². The number of likely N-dealkylation sites (N-methyl/N-ethyl adjacent to an activating group) is 2. The molecule has 0 aliphatic carbocycles. The molecule has 0 aliphatic rings. The maximum Gasteiger partial charge on any atom is 0.0452 e. The number of benzene rings is 1. The van der Waals surface area contributed by atoms with Crippen molar-refractivity contribution >= 4 is 0 Å². The van der Waals surface area contributed by atoms with Crippen molar-refractivity contribution in [2.45, 2.75) is 47.1 Å². The summed E-state index contributed by atoms with van der Waals surface area (Å²) < 4.78 is 0. The van der Waals surface area contributed by atoms with Crippen LogP contribution >= 0.6 is 0 Å². The summed E-state index contributed by atoms with van der Waals surface area (Å²) in [5, 5.41) is 3.50. The van der Waals surface area contributed by atoms with Crippen LogP contribution in [0.3, 0.4) is 0 Å². The van der Waals surface area contributed by atoms with Crippen LogP contribution in [0.2, 0.25) is 0 Å². The molecule has 1 aromatic carbocycles. The van der Waals surface area contributed by atoms with Gasteiger partial charge in [-0.1, -0.05) is 31.5 Å². The van der Waals surface area contributed by atoms with E-state index in [-0.39, 0.29) is 0 Å². The Bertz CT molecular complexity index is 375. The Hall–Kier alpha value is -0.860. The molecule has 1 rings (SSSR count). The SMILES string of the molecule is CCCN(CC)CC(NC)c1c(C)cc(C)cc1C. The van der Waals surface area contributed by atoms with Gasteiger partial charge in [-0.05, 0) is 64.0 Å². The second-order valence-corrected chi connectivity index (χ2v) is 5.55. The lowest BCUT2D eigenvalue weighted by Crippen LogP contribution is -2.35. The van der Waals surface area contributed by atoms with Gasteiger partial charge in [0.05, 0.1) is 0 Å². The standard InChI is InChI=1S/C17H30N2/c1-7-9-19(8-2)12-16(18-6)17-14(4)10-13(3)11-15(17)5/h10-11,16,18H,7-9,12H2,1-6H3. The smallest absolute Gasteiger partial charge is 0.0452 e. The third-order valence-corrected chi connectivity index (χ3v) is 3.86. The van der Waals surface area contributed by atoms with Crippen LogP contribution in [0.25, 0.3) is 0 Å². The van der Waals surface area contributed by atoms with Gasteiger partial charge in [-0.3, -0.25) is 0 Å². The van der Waals surface area contributed by atoms with Gasteiger partial charge < -0.3 is 10.2 Å². The summed E-state index contributed by atoms with van der Waals surface area (Å²) in [6, 6.07) is 5.01. The largest absolute Gasteiger partial charge is 0.312 e. The van der Waals surface area contributed by atoms with E-state index in [1.807, 2.05) is 0 Å². The Kier molecular flexibility index (Phi) is 6.53. The predicted octanol–water partition coefficient (Wildman–Crippen LogP) is 3.60. The zero-order chi connectivity index (χ0) is 14.4. The van der Waals surface area contributed by atoms with Gasteiger partial charge in [0.25, 0.3) is 0 Å². The Morgan fingerprint density at radius 2 is 1.68 bits per heavy atom. The summed E-state index contributed by atoms with van der Waals surface area (Å²) >= 11 is 0. The van der Waals surface area contributed by atoms with Gasteiger partial charge in [0.1, 0.15) is 0 Å². The zero-order valence-electron chi connectivity index (χ0n) is 13.5. The van der Waals surface area contributed by atoms with Gasteiger partial charge in [-0.25, -0.2) is 0 Å². The Balaban J connectivity index is 2.97. The number of nitrogens with zero attached hydrogens (tertiary/aromatic N) is 1. The number of nitrogens with one attached hydrogen (secondary N) is 1. The van der Waals surface area contributed by atoms with E-state index in [9.17, 15) is 0 Å². The van der Waals surface area contributed by atoms with Gasteiger partial charge in [-0.2, -0.15) is 0 Å². The molecule has 0 aromatic heterocycles. The Morgan fingerprint density at radius 3 is 2.11 bits per heavy atom. The summed E-state index contributed by atoms with van der Waals surface area (Å²) in [5.74, 6) is 0. The fourth-order valence-corrected chi connectivity index (χ4v) is 3.02. The molecule has 0 saturated heterocycles. The highest BCUT2D eigenvalue weighted by Gasteiger charge is 2.17. The second-order valence-electron chi connectivity index (χ2n) is 5.55. The van der Waals surface area contributed by atoms with Crippen LogP contribution in [0.4, 0.5) is 0 Å². The number of aryl methyl sites for hydroxylation is 3. The van der Waals surface area contributed by atoms with E-state index in [4.69, 9.17) is 0 Å². The van der Waals surface area contributed by atoms with Crippen molar-refractivity contribution in [3.63, 3.8) is 0 Å². The van der Waals surface area contributed by atoms with Crippen molar-refractivity contribution in [2.75, 3.05) is 26.7 Å². The van der Waals surface area contributed by atoms with E-state index in [2.05, 4.69) is 64.0 Å². The van der Waals surface area contributed by atoms with E-state index in [1.165, 1.54) is 35.2 Å². The monoisotopic (exact) mass is 262 g/mol. The van der Waals surface area contributed by atoms with Gasteiger partial charge in [0, 0.05) is 12.6 Å². The third kappa shape index (κ3) is 4.32. The van der Waals surface area contributed by atoms with E-state index in [0.29, 0.717) is 6.04 Å². The lowest BCUT2D eigenvalue weighted by atomic mass is 9.93. The summed E-state index contributed by atoms with van der Waals surface area (Å²) in [6.45, 7) is 14.5. The highest BCUT2D eigenvalue weighted by Crippen LogP contribution is 2.24. The van der Waals surface area contributed by atoms with Crippen LogP contribution in [0.5, 0.6) is 0 Å². The molecule has 0 bridgehead atoms. The van der Waals surface area contributed by atoms with E-state index in [0.717, 1.165) is 13.1 Å². The van der Waals surface area contributed by atoms with Crippen molar-refractivity contribution in [3.05, 3.63) is 34.4 Å². The first-order valence-electron chi connectivity index (χ1n) is 7.50. The summed E-state index contributed by atoms with van der Waals surface area (Å²) in [5.41, 5.74) is 5.64. The Labute approximate surface area is 119 Å². The molecule has 1 N–H and O–H groups in total. The topological polar surface area (TPSA) is 15.3 Å². The molecule has 2 heteroatoms. The quantitative estimate of drug-likeness (QED) is 0.807. The first kappa shape index (κ1) is 16.2. The van der Waals surface area contributed by atoms with Crippen molar-refractivity contribution < 1.29 is 0 Å². The molecule has 0 spiro atoms. The zero-order valence-corrected chi connectivity index (χ0v) is 13.5. The van der Waals surface area contributed by atoms with Crippen molar-refractivity contribution in [2.24, 2.45) is 0 Å². The van der Waals surface area contributed by atoms with Crippen molar-refractivity contribution in [1.82, 2.24) is 10.2 Å². The molecule has 2 nitrogen and oxygen atoms in total. The number of hydrogen-bond donors (Lipinski definition) is 1. The highest BCUT2D eigenvalue weighted by molar-refractivity contribution is 5.39. The highest BCUT2D eigenvalue weighted by atomic mass is 15.1. The van der Waals surface area contributed by atoms with Crippen LogP contribution in [0, 0.1) is 20.8 Å². The molecule has 0 aliphatic heterocycles. The normalized spacial score (nSPS) is 13.0. The fourth-order valence-electron chi connectivity index (χ4n) is 3.02. The molecule has 108 valence electrons. The molecule has 0 fully saturated rings. The molecular weight excluding hydrogens is 232 g/mol. The van der Waals surface area contributed by atoms with E-state index < -0.39 is 0 Å². The molecule has 1 unspecified atom stereocenters. The minimum atomic E-state index is 0.423. The summed E-state index contributed by atoms with van der Waals surface area (Å²) in [7, 11) is 2.07. The van der Waals surface area contributed by atoms with Gasteiger partial charge in [0.15, 0.2) is 0 Å². The van der Waals surface area contributed by atoms with Crippen LogP contribution in [0.1, 0.15) is 48.6 Å². The molecular formula is C17H30N2. The van der Waals surface area contributed by atoms with Gasteiger partial charge in [0.2, 0.25) is 0 Å². The Morgan fingerprint density at radius 1 is 1.11 bits per heavy atom. The van der Waals surface area contributed by atoms with Crippen LogP contribution in [0.15, 0.2) is 12.1 Å². The average molecular weight is 262 g/mol. The van der Waals surface area contributed by atoms with Crippen LogP contribution in [-0.2, 0) is 0 Å². The molecule has 19 heavy (non-hydrogen) atoms. The molecule has 0 heterocycles. The van der Waals surface area contributed by atoms with Crippen LogP contribution < -0.4 is 5.32 Å². The lowest BCUT2D eigenvalue weighted by Gasteiger charge is -2.28. The molecule has 0 radical (unpaired) electrons. The first-order chi connectivity index (χ1) is 9.03. The molecule has 0 saturated carbocycles. The minimum absolute atomic E-state index is 0.423. The molecule has 0 amide bonds. The summed E-state index contributed by atoms with van der Waals surface area (Å²) in [6.07, 6.45) is 1.22. The third-order valence-electron chi connectivity index (χ3n) is 3.86. The average Bonchev–Trinajstić information content (AvgIpc) is 2.35. The van der Waals surface area contributed by atoms with E-state index >= 15 is 0 Å². The van der Waals surface area contributed by atoms with Gasteiger partial charge >= 0.3 is 0 Å². The maximum absolute atomic E-state index is 3.50. The molecule has 1 atom stereocenters. The molecule has 1 aromatic rings. The van der Waals surface area contributed by atoms with Crippen molar-refractivity contribution in [1.29, 1.82) is 0 Å². The second kappa shape index (κ2) is 7.66. The summed E-state index contributed by atoms with van der Waals surface area (Å²) in [4.78, 5) is 2.53. The maximum atomic E-state index is 3.50. The van der Waals surface area contributed by atoms with Gasteiger partial charge in [-0.15, -0.1) is 0 Å². The lowest BCUT2D eigenvalue weighted by molar-refractivity contribution is 0.258. The number of hydrogen-bond acceptors (Lipinski definition) is 2.